The van der Waals surface area contributed by atoms with Gasteiger partial charge in [-0.1, -0.05) is 24.6 Å². The van der Waals surface area contributed by atoms with Gasteiger partial charge in [-0.3, -0.25) is 14.8 Å². The second-order valence-corrected chi connectivity index (χ2v) is 6.97. The molecule has 0 unspecified atom stereocenters. The van der Waals surface area contributed by atoms with E-state index >= 15 is 0 Å². The van der Waals surface area contributed by atoms with Gasteiger partial charge in [0, 0.05) is 6.07 Å². The molecule has 0 radical (unpaired) electrons. The van der Waals surface area contributed by atoms with Crippen molar-refractivity contribution in [3.63, 3.8) is 0 Å². The van der Waals surface area contributed by atoms with E-state index in [1.807, 2.05) is 38.1 Å². The van der Waals surface area contributed by atoms with Gasteiger partial charge in [0.05, 0.1) is 32.2 Å². The van der Waals surface area contributed by atoms with Crippen LogP contribution in [0, 0.1) is 6.92 Å². The van der Waals surface area contributed by atoms with Gasteiger partial charge < -0.3 is 14.6 Å². The molecule has 0 spiro atoms. The lowest BCUT2D eigenvalue weighted by atomic mass is 10.1. The largest absolute Gasteiger partial charge is 0.497 e. The minimum atomic E-state index is -0.719. The van der Waals surface area contributed by atoms with Crippen LogP contribution in [-0.4, -0.2) is 34.6 Å². The summed E-state index contributed by atoms with van der Waals surface area (Å²) < 4.78 is 11.6. The third-order valence-corrected chi connectivity index (χ3v) is 4.87. The van der Waals surface area contributed by atoms with E-state index in [4.69, 9.17) is 9.47 Å². The Kier molecular flexibility index (Phi) is 6.59. The summed E-state index contributed by atoms with van der Waals surface area (Å²) in [6.07, 6.45) is 0.379. The SMILES string of the molecule is CCC(=NCc1cc(OC)cc(OC)c1)c1c(O)n(-c2ccc(C)cc2)c(=O)[nH]c1=O. The molecule has 0 aliphatic heterocycles. The van der Waals surface area contributed by atoms with Crippen LogP contribution in [0.1, 0.15) is 30.0 Å². The summed E-state index contributed by atoms with van der Waals surface area (Å²) in [5.74, 6) is 0.800. The number of methoxy groups -OCH3 is 2. The van der Waals surface area contributed by atoms with Gasteiger partial charge >= 0.3 is 5.69 Å². The zero-order valence-corrected chi connectivity index (χ0v) is 17.9. The maximum atomic E-state index is 12.6. The summed E-state index contributed by atoms with van der Waals surface area (Å²) >= 11 is 0. The van der Waals surface area contributed by atoms with Crippen molar-refractivity contribution in [2.75, 3.05) is 14.2 Å². The van der Waals surface area contributed by atoms with Crippen LogP contribution in [0.5, 0.6) is 17.4 Å². The molecule has 0 atom stereocenters. The molecule has 8 nitrogen and oxygen atoms in total. The third kappa shape index (κ3) is 4.69. The third-order valence-electron chi connectivity index (χ3n) is 4.87. The Morgan fingerprint density at radius 2 is 1.68 bits per heavy atom. The molecule has 0 amide bonds. The number of hydrogen-bond acceptors (Lipinski definition) is 6. The van der Waals surface area contributed by atoms with E-state index in [1.54, 1.807) is 32.4 Å². The first-order valence-corrected chi connectivity index (χ1v) is 9.78. The predicted molar refractivity (Wildman–Crippen MR) is 119 cm³/mol. The summed E-state index contributed by atoms with van der Waals surface area (Å²) in [5, 5.41) is 10.9. The molecule has 0 saturated heterocycles. The average molecular weight is 423 g/mol. The number of aromatic amines is 1. The van der Waals surface area contributed by atoms with E-state index in [0.717, 1.165) is 15.7 Å². The van der Waals surface area contributed by atoms with Crippen molar-refractivity contribution < 1.29 is 14.6 Å². The summed E-state index contributed by atoms with van der Waals surface area (Å²) in [6, 6.07) is 12.4. The standard InChI is InChI=1S/C23H25N3O5/c1-5-19(24-13-15-10-17(30-3)12-18(11-15)31-4)20-21(27)25-23(29)26(22(20)28)16-8-6-14(2)7-9-16/h6-12,28H,5,13H2,1-4H3,(H,25,27,29). The topological polar surface area (TPSA) is 106 Å². The van der Waals surface area contributed by atoms with E-state index in [0.29, 0.717) is 29.3 Å². The highest BCUT2D eigenvalue weighted by atomic mass is 16.5. The maximum absolute atomic E-state index is 12.6. The van der Waals surface area contributed by atoms with Gasteiger partial charge in [0.15, 0.2) is 0 Å². The Morgan fingerprint density at radius 3 is 2.23 bits per heavy atom. The first kappa shape index (κ1) is 21.9. The quantitative estimate of drug-likeness (QED) is 0.569. The van der Waals surface area contributed by atoms with Gasteiger partial charge in [-0.15, -0.1) is 0 Å². The zero-order valence-electron chi connectivity index (χ0n) is 17.9. The molecule has 0 saturated carbocycles. The second kappa shape index (κ2) is 9.34. The van der Waals surface area contributed by atoms with Crippen LogP contribution >= 0.6 is 0 Å². The highest BCUT2D eigenvalue weighted by molar-refractivity contribution is 6.02. The van der Waals surface area contributed by atoms with Crippen LogP contribution in [0.25, 0.3) is 5.69 Å². The normalized spacial score (nSPS) is 11.4. The monoisotopic (exact) mass is 423 g/mol. The Hall–Kier alpha value is -3.81. The van der Waals surface area contributed by atoms with Crippen molar-refractivity contribution in [1.29, 1.82) is 0 Å². The molecule has 1 heterocycles. The zero-order chi connectivity index (χ0) is 22.5. The maximum Gasteiger partial charge on any atom is 0.335 e. The molecule has 0 aliphatic carbocycles. The van der Waals surface area contributed by atoms with Crippen molar-refractivity contribution in [1.82, 2.24) is 9.55 Å². The molecule has 162 valence electrons. The van der Waals surface area contributed by atoms with Gasteiger partial charge in [0.1, 0.15) is 17.1 Å². The number of aromatic nitrogens is 2. The summed E-state index contributed by atoms with van der Waals surface area (Å²) in [7, 11) is 3.12. The Labute approximate surface area is 179 Å². The van der Waals surface area contributed by atoms with E-state index in [-0.39, 0.29) is 12.1 Å². The number of nitrogens with zero attached hydrogens (tertiary/aromatic N) is 2. The first-order chi connectivity index (χ1) is 14.9. The lowest BCUT2D eigenvalue weighted by Crippen LogP contribution is -2.33. The van der Waals surface area contributed by atoms with Crippen molar-refractivity contribution in [2.45, 2.75) is 26.8 Å². The highest BCUT2D eigenvalue weighted by Crippen LogP contribution is 2.24. The van der Waals surface area contributed by atoms with Gasteiger partial charge in [0.2, 0.25) is 5.88 Å². The van der Waals surface area contributed by atoms with Crippen molar-refractivity contribution in [3.8, 4) is 23.1 Å². The molecule has 0 fully saturated rings. The number of rotatable bonds is 7. The Bertz CT molecular complexity index is 1200. The molecular formula is C23H25N3O5. The van der Waals surface area contributed by atoms with E-state index in [2.05, 4.69) is 9.98 Å². The molecular weight excluding hydrogens is 398 g/mol. The summed E-state index contributed by atoms with van der Waals surface area (Å²) in [6.45, 7) is 3.98. The number of nitrogens with one attached hydrogen (secondary N) is 1. The molecule has 1 aromatic heterocycles. The number of aliphatic imine (C=N–C) groups is 1. The van der Waals surface area contributed by atoms with E-state index in [1.165, 1.54) is 0 Å². The van der Waals surface area contributed by atoms with Gasteiger partial charge in [-0.25, -0.2) is 9.36 Å². The highest BCUT2D eigenvalue weighted by Gasteiger charge is 2.19. The van der Waals surface area contributed by atoms with Gasteiger partial charge in [-0.2, -0.15) is 0 Å². The predicted octanol–water partition coefficient (Wildman–Crippen LogP) is 2.96. The van der Waals surface area contributed by atoms with Crippen molar-refractivity contribution in [2.24, 2.45) is 4.99 Å². The van der Waals surface area contributed by atoms with Crippen LogP contribution in [0.15, 0.2) is 57.0 Å². The number of H-pyrrole nitrogens is 1. The van der Waals surface area contributed by atoms with E-state index in [9.17, 15) is 14.7 Å². The van der Waals surface area contributed by atoms with E-state index < -0.39 is 17.1 Å². The Balaban J connectivity index is 2.08. The summed E-state index contributed by atoms with van der Waals surface area (Å²) in [4.78, 5) is 31.8. The Morgan fingerprint density at radius 1 is 1.06 bits per heavy atom. The molecule has 2 N–H and O–H groups in total. The van der Waals surface area contributed by atoms with Crippen LogP contribution in [-0.2, 0) is 6.54 Å². The fraction of sp³-hybridized carbons (Fsp3) is 0.261. The molecule has 0 bridgehead atoms. The molecule has 2 aromatic carbocycles. The second-order valence-electron chi connectivity index (χ2n) is 6.97. The van der Waals surface area contributed by atoms with Crippen LogP contribution < -0.4 is 20.7 Å². The van der Waals surface area contributed by atoms with Crippen LogP contribution in [0.2, 0.25) is 0 Å². The number of hydrogen-bond donors (Lipinski definition) is 2. The smallest absolute Gasteiger partial charge is 0.335 e. The fourth-order valence-corrected chi connectivity index (χ4v) is 3.23. The first-order valence-electron chi connectivity index (χ1n) is 9.78. The molecule has 0 aliphatic rings. The molecule has 8 heteroatoms. The summed E-state index contributed by atoms with van der Waals surface area (Å²) in [5.41, 5.74) is 1.20. The fourth-order valence-electron chi connectivity index (χ4n) is 3.23. The number of aromatic hydroxyl groups is 1. The number of ether oxygens (including phenoxy) is 2. The van der Waals surface area contributed by atoms with Crippen LogP contribution in [0.3, 0.4) is 0 Å². The number of aryl methyl sites for hydroxylation is 1. The lowest BCUT2D eigenvalue weighted by molar-refractivity contribution is 0.393. The minimum absolute atomic E-state index is 0.0301. The number of benzene rings is 2. The molecule has 3 rings (SSSR count). The molecule has 31 heavy (non-hydrogen) atoms. The van der Waals surface area contributed by atoms with Crippen molar-refractivity contribution >= 4 is 5.71 Å². The van der Waals surface area contributed by atoms with Crippen LogP contribution in [0.4, 0.5) is 0 Å². The minimum Gasteiger partial charge on any atom is -0.497 e. The van der Waals surface area contributed by atoms with Gasteiger partial charge in [0.25, 0.3) is 5.56 Å². The average Bonchev–Trinajstić information content (AvgIpc) is 2.76. The molecule has 3 aromatic rings. The lowest BCUT2D eigenvalue weighted by Gasteiger charge is -2.13. The van der Waals surface area contributed by atoms with Gasteiger partial charge in [-0.05, 0) is 43.2 Å². The van der Waals surface area contributed by atoms with Crippen molar-refractivity contribution in [3.05, 3.63) is 80.0 Å².